The average molecular weight is 469 g/mol. The number of aromatic nitrogens is 1. The van der Waals surface area contributed by atoms with Gasteiger partial charge in [0.1, 0.15) is 6.10 Å². The number of hydrogen-bond acceptors (Lipinski definition) is 7. The minimum atomic E-state index is -0.302. The number of thiazole rings is 1. The Morgan fingerprint density at radius 1 is 1.00 bits per heavy atom. The number of amides is 3. The normalized spacial score (nSPS) is 20.4. The van der Waals surface area contributed by atoms with E-state index in [2.05, 4.69) is 9.88 Å². The molecular formula is C24H28N4O4S. The molecule has 0 spiro atoms. The van der Waals surface area contributed by atoms with E-state index in [9.17, 15) is 14.4 Å². The molecule has 0 saturated carbocycles. The smallest absolute Gasteiger partial charge is 0.273 e. The highest BCUT2D eigenvalue weighted by molar-refractivity contribution is 7.11. The van der Waals surface area contributed by atoms with Gasteiger partial charge in [-0.05, 0) is 37.8 Å². The lowest BCUT2D eigenvalue weighted by Crippen LogP contribution is -2.50. The second kappa shape index (κ2) is 9.61. The van der Waals surface area contributed by atoms with Gasteiger partial charge in [0, 0.05) is 56.8 Å². The largest absolute Gasteiger partial charge is 0.467 e. The second-order valence-corrected chi connectivity index (χ2v) is 9.68. The highest BCUT2D eigenvalue weighted by Crippen LogP contribution is 2.26. The molecule has 0 radical (unpaired) electrons. The number of hydrogen-bond donors (Lipinski definition) is 0. The van der Waals surface area contributed by atoms with Crippen LogP contribution in [-0.4, -0.2) is 82.3 Å². The van der Waals surface area contributed by atoms with Crippen LogP contribution in [0.25, 0.3) is 0 Å². The van der Waals surface area contributed by atoms with Crippen molar-refractivity contribution in [1.82, 2.24) is 19.7 Å². The van der Waals surface area contributed by atoms with Gasteiger partial charge in [0.2, 0.25) is 5.91 Å². The Labute approximate surface area is 197 Å². The van der Waals surface area contributed by atoms with Crippen LogP contribution >= 0.6 is 11.3 Å². The van der Waals surface area contributed by atoms with E-state index >= 15 is 0 Å². The van der Waals surface area contributed by atoms with E-state index in [-0.39, 0.29) is 36.8 Å². The molecule has 0 unspecified atom stereocenters. The van der Waals surface area contributed by atoms with E-state index in [1.165, 1.54) is 16.2 Å². The molecule has 33 heavy (non-hydrogen) atoms. The highest BCUT2D eigenvalue weighted by atomic mass is 32.1. The van der Waals surface area contributed by atoms with Crippen molar-refractivity contribution >= 4 is 29.1 Å². The molecule has 0 aliphatic carbocycles. The number of likely N-dealkylation sites (tertiary alicyclic amines) is 2. The lowest BCUT2D eigenvalue weighted by atomic mass is 9.98. The lowest BCUT2D eigenvalue weighted by molar-refractivity contribution is -0.133. The van der Waals surface area contributed by atoms with Crippen LogP contribution in [-0.2, 0) is 4.79 Å². The number of nitrogens with zero attached hydrogens (tertiary/aromatic N) is 4. The number of fused-ring (bicyclic) bond motifs is 1. The van der Waals surface area contributed by atoms with Crippen LogP contribution in [0.5, 0.6) is 5.19 Å². The van der Waals surface area contributed by atoms with E-state index in [0.29, 0.717) is 17.2 Å². The minimum Gasteiger partial charge on any atom is -0.467 e. The second-order valence-electron chi connectivity index (χ2n) is 8.82. The maximum atomic E-state index is 12.8. The van der Waals surface area contributed by atoms with Crippen molar-refractivity contribution in [3.8, 4) is 5.19 Å². The first-order chi connectivity index (χ1) is 16.1. The summed E-state index contributed by atoms with van der Waals surface area (Å²) in [5.41, 5.74) is 0.855. The molecule has 0 atom stereocenters. The molecule has 1 aromatic carbocycles. The van der Waals surface area contributed by atoms with E-state index in [1.807, 2.05) is 10.3 Å². The minimum absolute atomic E-state index is 0.0144. The van der Waals surface area contributed by atoms with Crippen molar-refractivity contribution in [3.63, 3.8) is 0 Å². The Bertz CT molecular complexity index is 976. The van der Waals surface area contributed by atoms with Gasteiger partial charge in [-0.1, -0.05) is 23.5 Å². The number of piperidine rings is 2. The third-order valence-electron chi connectivity index (χ3n) is 6.91. The van der Waals surface area contributed by atoms with Crippen LogP contribution < -0.4 is 4.74 Å². The van der Waals surface area contributed by atoms with Gasteiger partial charge >= 0.3 is 0 Å². The summed E-state index contributed by atoms with van der Waals surface area (Å²) in [6.45, 7) is 3.60. The molecule has 1 aromatic heterocycles. The summed E-state index contributed by atoms with van der Waals surface area (Å²) in [4.78, 5) is 47.6. The van der Waals surface area contributed by atoms with Gasteiger partial charge in [-0.3, -0.25) is 24.2 Å². The predicted octanol–water partition coefficient (Wildman–Crippen LogP) is 2.66. The van der Waals surface area contributed by atoms with Crippen molar-refractivity contribution in [2.45, 2.75) is 44.2 Å². The molecule has 3 amide bonds. The van der Waals surface area contributed by atoms with Crippen LogP contribution in [0.1, 0.15) is 52.8 Å². The molecule has 3 aliphatic rings. The zero-order valence-corrected chi connectivity index (χ0v) is 19.3. The number of rotatable bonds is 6. The summed E-state index contributed by atoms with van der Waals surface area (Å²) >= 11 is 1.53. The summed E-state index contributed by atoms with van der Waals surface area (Å²) in [5, 5.41) is 2.68. The molecule has 4 heterocycles. The Morgan fingerprint density at radius 3 is 2.27 bits per heavy atom. The summed E-state index contributed by atoms with van der Waals surface area (Å²) in [7, 11) is 0. The number of carbonyl (C=O) groups is 3. The van der Waals surface area contributed by atoms with Gasteiger partial charge in [-0.15, -0.1) is 0 Å². The fraction of sp³-hybridized carbons (Fsp3) is 0.500. The molecule has 8 nitrogen and oxygen atoms in total. The van der Waals surface area contributed by atoms with Gasteiger partial charge in [0.15, 0.2) is 0 Å². The van der Waals surface area contributed by atoms with Crippen LogP contribution in [0, 0.1) is 0 Å². The Morgan fingerprint density at radius 2 is 1.67 bits per heavy atom. The van der Waals surface area contributed by atoms with Crippen LogP contribution in [0.2, 0.25) is 0 Å². The van der Waals surface area contributed by atoms with Gasteiger partial charge < -0.3 is 9.64 Å². The third kappa shape index (κ3) is 4.65. The summed E-state index contributed by atoms with van der Waals surface area (Å²) in [6.07, 6.45) is 6.08. The van der Waals surface area contributed by atoms with E-state index < -0.39 is 0 Å². The molecule has 2 aromatic rings. The summed E-state index contributed by atoms with van der Waals surface area (Å²) in [5.74, 6) is -0.589. The molecule has 0 N–H and O–H groups in total. The lowest BCUT2D eigenvalue weighted by Gasteiger charge is -2.41. The predicted molar refractivity (Wildman–Crippen MR) is 123 cm³/mol. The Kier molecular flexibility index (Phi) is 6.41. The third-order valence-corrected chi connectivity index (χ3v) is 7.58. The fourth-order valence-electron chi connectivity index (χ4n) is 5.06. The first-order valence-corrected chi connectivity index (χ1v) is 12.5. The Balaban J connectivity index is 1.05. The number of imide groups is 1. The van der Waals surface area contributed by atoms with Gasteiger partial charge in [0.25, 0.3) is 17.0 Å². The zero-order chi connectivity index (χ0) is 22.8. The van der Waals surface area contributed by atoms with Gasteiger partial charge in [0.05, 0.1) is 11.1 Å². The number of ether oxygens (including phenoxy) is 1. The molecule has 2 fully saturated rings. The van der Waals surface area contributed by atoms with E-state index in [0.717, 1.165) is 57.1 Å². The average Bonchev–Trinajstić information content (AvgIpc) is 3.45. The topological polar surface area (TPSA) is 83.1 Å². The highest BCUT2D eigenvalue weighted by Gasteiger charge is 2.36. The monoisotopic (exact) mass is 468 g/mol. The maximum Gasteiger partial charge on any atom is 0.273 e. The maximum absolute atomic E-state index is 12.8. The van der Waals surface area contributed by atoms with Crippen LogP contribution in [0.3, 0.4) is 0 Å². The standard InChI is InChI=1S/C24H28N4O4S/c29-21(9-15-28-22(30)19-3-1-2-4-20(19)23(28)31)27-11-5-17(6-12-27)26-13-7-18(8-14-26)32-24-25-10-16-33-24/h1-4,10,16-18H,5-9,11-15H2. The van der Waals surface area contributed by atoms with Crippen molar-refractivity contribution in [2.24, 2.45) is 0 Å². The molecule has 9 heteroatoms. The summed E-state index contributed by atoms with van der Waals surface area (Å²) in [6, 6.07) is 7.32. The first kappa shape index (κ1) is 22.0. The van der Waals surface area contributed by atoms with Crippen LogP contribution in [0.15, 0.2) is 35.8 Å². The molecule has 5 rings (SSSR count). The van der Waals surface area contributed by atoms with Gasteiger partial charge in [-0.2, -0.15) is 0 Å². The van der Waals surface area contributed by atoms with E-state index in [1.54, 1.807) is 30.5 Å². The zero-order valence-electron chi connectivity index (χ0n) is 18.5. The van der Waals surface area contributed by atoms with Crippen LogP contribution in [0.4, 0.5) is 0 Å². The molecule has 0 bridgehead atoms. The Hall–Kier alpha value is -2.78. The molecular weight excluding hydrogens is 440 g/mol. The summed E-state index contributed by atoms with van der Waals surface area (Å²) < 4.78 is 5.96. The van der Waals surface area contributed by atoms with E-state index in [4.69, 9.17) is 4.74 Å². The van der Waals surface area contributed by atoms with Crippen molar-refractivity contribution in [2.75, 3.05) is 32.7 Å². The molecule has 174 valence electrons. The van der Waals surface area contributed by atoms with Crippen molar-refractivity contribution < 1.29 is 19.1 Å². The quantitative estimate of drug-likeness (QED) is 0.606. The number of benzene rings is 1. The molecule has 2 saturated heterocycles. The SMILES string of the molecule is O=C(CCN1C(=O)c2ccccc2C1=O)N1CCC(N2CCC(Oc3nccs3)CC2)CC1. The fourth-order valence-corrected chi connectivity index (χ4v) is 5.61. The number of carbonyl (C=O) groups excluding carboxylic acids is 3. The van der Waals surface area contributed by atoms with Gasteiger partial charge in [-0.25, -0.2) is 4.98 Å². The first-order valence-electron chi connectivity index (χ1n) is 11.6. The molecule has 3 aliphatic heterocycles. The van der Waals surface area contributed by atoms with Crippen molar-refractivity contribution in [3.05, 3.63) is 47.0 Å². The van der Waals surface area contributed by atoms with Crippen molar-refractivity contribution in [1.29, 1.82) is 0 Å².